The first-order valence-electron chi connectivity index (χ1n) is 9.10. The summed E-state index contributed by atoms with van der Waals surface area (Å²) in [6.45, 7) is 3.03. The number of nitrogens with zero attached hydrogens (tertiary/aromatic N) is 2. The second-order valence-electron chi connectivity index (χ2n) is 7.17. The number of carbonyl (C=O) groups is 2. The van der Waals surface area contributed by atoms with E-state index in [1.807, 2.05) is 0 Å². The van der Waals surface area contributed by atoms with Crippen molar-refractivity contribution in [2.24, 2.45) is 0 Å². The molecule has 2 amide bonds. The van der Waals surface area contributed by atoms with E-state index in [0.717, 1.165) is 9.78 Å². The Morgan fingerprint density at radius 1 is 1.06 bits per heavy atom. The maximum absolute atomic E-state index is 13.1. The Balaban J connectivity index is 1.86. The number of thiazole rings is 1. The molecule has 0 saturated heterocycles. The van der Waals surface area contributed by atoms with Gasteiger partial charge >= 0.3 is 12.4 Å². The van der Waals surface area contributed by atoms with Crippen LogP contribution in [0.5, 0.6) is 0 Å². The number of alkyl halides is 6. The summed E-state index contributed by atoms with van der Waals surface area (Å²) in [5, 5.41) is 2.80. The highest BCUT2D eigenvalue weighted by Crippen LogP contribution is 2.37. The molecule has 1 aliphatic carbocycles. The maximum Gasteiger partial charge on any atom is 0.416 e. The van der Waals surface area contributed by atoms with Gasteiger partial charge in [0.05, 0.1) is 16.8 Å². The Labute approximate surface area is 177 Å². The summed E-state index contributed by atoms with van der Waals surface area (Å²) >= 11 is 1.21. The number of hydrogen-bond donors (Lipinski definition) is 1. The molecule has 31 heavy (non-hydrogen) atoms. The van der Waals surface area contributed by atoms with Gasteiger partial charge in [-0.3, -0.25) is 9.59 Å². The summed E-state index contributed by atoms with van der Waals surface area (Å²) in [4.78, 5) is 31.2. The molecule has 1 aliphatic rings. The lowest BCUT2D eigenvalue weighted by molar-refractivity contribution is -0.143. The van der Waals surface area contributed by atoms with Crippen molar-refractivity contribution in [2.75, 3.05) is 11.9 Å². The molecule has 0 radical (unpaired) electrons. The van der Waals surface area contributed by atoms with Crippen LogP contribution in [0, 0.1) is 13.8 Å². The van der Waals surface area contributed by atoms with Gasteiger partial charge < -0.3 is 10.2 Å². The zero-order valence-corrected chi connectivity index (χ0v) is 17.1. The Bertz CT molecular complexity index is 959. The first kappa shape index (κ1) is 23.0. The molecule has 0 atom stereocenters. The summed E-state index contributed by atoms with van der Waals surface area (Å²) < 4.78 is 78.6. The third kappa shape index (κ3) is 5.54. The Morgan fingerprint density at radius 2 is 1.61 bits per heavy atom. The van der Waals surface area contributed by atoms with E-state index in [-0.39, 0.29) is 6.07 Å². The van der Waals surface area contributed by atoms with Gasteiger partial charge in [-0.2, -0.15) is 26.3 Å². The topological polar surface area (TPSA) is 62.3 Å². The number of benzene rings is 1. The lowest BCUT2D eigenvalue weighted by atomic mass is 10.0. The first-order valence-corrected chi connectivity index (χ1v) is 9.91. The van der Waals surface area contributed by atoms with Crippen molar-refractivity contribution in [2.45, 2.75) is 45.1 Å². The number of nitrogens with one attached hydrogen (secondary N) is 1. The minimum atomic E-state index is -5.07. The van der Waals surface area contributed by atoms with Gasteiger partial charge in [-0.15, -0.1) is 11.3 Å². The van der Waals surface area contributed by atoms with Crippen molar-refractivity contribution in [1.29, 1.82) is 0 Å². The molecule has 5 nitrogen and oxygen atoms in total. The third-order valence-corrected chi connectivity index (χ3v) is 5.66. The minimum Gasteiger partial charge on any atom is -0.326 e. The van der Waals surface area contributed by atoms with Crippen molar-refractivity contribution >= 4 is 28.3 Å². The van der Waals surface area contributed by atoms with Crippen LogP contribution in [-0.4, -0.2) is 34.3 Å². The van der Waals surface area contributed by atoms with Crippen LogP contribution in [0.3, 0.4) is 0 Å². The summed E-state index contributed by atoms with van der Waals surface area (Å²) in [5.74, 6) is -1.71. The van der Waals surface area contributed by atoms with E-state index in [4.69, 9.17) is 0 Å². The molecule has 1 N–H and O–H groups in total. The fourth-order valence-corrected chi connectivity index (χ4v) is 3.67. The fourth-order valence-electron chi connectivity index (χ4n) is 2.84. The van der Waals surface area contributed by atoms with Gasteiger partial charge in [0, 0.05) is 16.5 Å². The number of halogens is 6. The van der Waals surface area contributed by atoms with E-state index < -0.39 is 53.4 Å². The van der Waals surface area contributed by atoms with Crippen LogP contribution in [0.25, 0.3) is 0 Å². The molecule has 0 spiro atoms. The van der Waals surface area contributed by atoms with Gasteiger partial charge in [0.2, 0.25) is 5.91 Å². The number of amides is 2. The van der Waals surface area contributed by atoms with Crippen LogP contribution < -0.4 is 5.32 Å². The van der Waals surface area contributed by atoms with Crippen LogP contribution >= 0.6 is 11.3 Å². The average Bonchev–Trinajstić information content (AvgIpc) is 3.43. The summed E-state index contributed by atoms with van der Waals surface area (Å²) in [7, 11) is 0. The van der Waals surface area contributed by atoms with E-state index >= 15 is 0 Å². The number of carbonyl (C=O) groups excluding carboxylic acids is 2. The van der Waals surface area contributed by atoms with Crippen molar-refractivity contribution in [3.8, 4) is 0 Å². The Hall–Kier alpha value is -2.63. The van der Waals surface area contributed by atoms with Crippen LogP contribution in [0.1, 0.15) is 44.9 Å². The molecular formula is C19H17F6N3O2S. The zero-order valence-electron chi connectivity index (χ0n) is 16.3. The normalized spacial score (nSPS) is 14.5. The largest absolute Gasteiger partial charge is 0.416 e. The van der Waals surface area contributed by atoms with E-state index in [1.165, 1.54) is 11.3 Å². The number of hydrogen-bond acceptors (Lipinski definition) is 4. The number of aryl methyl sites for hydroxylation is 2. The van der Waals surface area contributed by atoms with Gasteiger partial charge in [0.15, 0.2) is 5.13 Å². The molecule has 1 aromatic carbocycles. The van der Waals surface area contributed by atoms with E-state index in [1.54, 1.807) is 13.8 Å². The molecule has 0 bridgehead atoms. The standard InChI is InChI=1S/C19H17F6N3O2S/c1-9-10(2)31-17(26-9)27-15(29)8-28(14-3-4-14)16(30)11-5-12(18(20,21)22)7-13(6-11)19(23,24)25/h5-7,14H,3-4,8H2,1-2H3,(H,26,27,29). The summed E-state index contributed by atoms with van der Waals surface area (Å²) in [6.07, 6.45) is -9.14. The highest BCUT2D eigenvalue weighted by atomic mass is 32.1. The van der Waals surface area contributed by atoms with Gasteiger partial charge in [0.1, 0.15) is 6.54 Å². The van der Waals surface area contributed by atoms with E-state index in [0.29, 0.717) is 35.8 Å². The van der Waals surface area contributed by atoms with Crippen molar-refractivity contribution < 1.29 is 35.9 Å². The van der Waals surface area contributed by atoms with Crippen molar-refractivity contribution in [3.05, 3.63) is 45.5 Å². The quantitative estimate of drug-likeness (QED) is 0.630. The van der Waals surface area contributed by atoms with Crippen LogP contribution in [0.2, 0.25) is 0 Å². The first-order chi connectivity index (χ1) is 14.3. The predicted octanol–water partition coefficient (Wildman–Crippen LogP) is 5.04. The molecule has 1 heterocycles. The molecule has 1 saturated carbocycles. The average molecular weight is 465 g/mol. The summed E-state index contributed by atoms with van der Waals surface area (Å²) in [5.41, 5.74) is -3.24. The molecule has 1 fully saturated rings. The molecule has 0 aliphatic heterocycles. The monoisotopic (exact) mass is 465 g/mol. The molecule has 0 unspecified atom stereocenters. The molecule has 1 aromatic heterocycles. The zero-order chi connectivity index (χ0) is 23.1. The van der Waals surface area contributed by atoms with Crippen LogP contribution in [0.15, 0.2) is 18.2 Å². The van der Waals surface area contributed by atoms with Gasteiger partial charge in [-0.25, -0.2) is 4.98 Å². The highest BCUT2D eigenvalue weighted by molar-refractivity contribution is 7.15. The number of aromatic nitrogens is 1. The van der Waals surface area contributed by atoms with E-state index in [2.05, 4.69) is 10.3 Å². The SMILES string of the molecule is Cc1nc(NC(=O)CN(C(=O)c2cc(C(F)(F)F)cc(C(F)(F)F)c2)C2CC2)sc1C. The Morgan fingerprint density at radius 3 is 2.03 bits per heavy atom. The van der Waals surface area contributed by atoms with Crippen LogP contribution in [0.4, 0.5) is 31.5 Å². The number of rotatable bonds is 5. The third-order valence-electron chi connectivity index (χ3n) is 4.67. The maximum atomic E-state index is 13.1. The fraction of sp³-hybridized carbons (Fsp3) is 0.421. The van der Waals surface area contributed by atoms with Gasteiger partial charge in [0.25, 0.3) is 5.91 Å². The number of anilines is 1. The minimum absolute atomic E-state index is 0.0436. The molecule has 2 aromatic rings. The smallest absolute Gasteiger partial charge is 0.326 e. The second-order valence-corrected chi connectivity index (χ2v) is 8.37. The molecular weight excluding hydrogens is 448 g/mol. The lowest BCUT2D eigenvalue weighted by Crippen LogP contribution is -2.39. The molecule has 12 heteroatoms. The van der Waals surface area contributed by atoms with Gasteiger partial charge in [-0.1, -0.05) is 0 Å². The van der Waals surface area contributed by atoms with Crippen molar-refractivity contribution in [1.82, 2.24) is 9.88 Å². The van der Waals surface area contributed by atoms with Crippen LogP contribution in [-0.2, 0) is 17.1 Å². The lowest BCUT2D eigenvalue weighted by Gasteiger charge is -2.23. The van der Waals surface area contributed by atoms with Gasteiger partial charge in [-0.05, 0) is 44.9 Å². The Kier molecular flexibility index (Phi) is 6.05. The predicted molar refractivity (Wildman–Crippen MR) is 101 cm³/mol. The van der Waals surface area contributed by atoms with E-state index in [9.17, 15) is 35.9 Å². The molecule has 3 rings (SSSR count). The highest BCUT2D eigenvalue weighted by Gasteiger charge is 2.40. The van der Waals surface area contributed by atoms with Crippen molar-refractivity contribution in [3.63, 3.8) is 0 Å². The summed E-state index contributed by atoms with van der Waals surface area (Å²) in [6, 6.07) is 0.274. The molecule has 168 valence electrons. The second kappa shape index (κ2) is 8.13.